The summed E-state index contributed by atoms with van der Waals surface area (Å²) in [6.07, 6.45) is 5.59. The number of aromatic nitrogens is 4. The van der Waals surface area contributed by atoms with Gasteiger partial charge in [0.2, 0.25) is 0 Å². The molecular formula is C26H16N6O8RuS2+4. The minimum absolute atomic E-state index is 0.149. The number of carbonyl (C=O) groups is 4. The van der Waals surface area contributed by atoms with E-state index < -0.39 is 34.8 Å². The fraction of sp³-hybridized carbons (Fsp3) is 0. The van der Waals surface area contributed by atoms with Crippen molar-refractivity contribution >= 4 is 43.4 Å². The Balaban J connectivity index is 2.01. The average molecular weight is 706 g/mol. The average Bonchev–Trinajstić information content (AvgIpc) is 3.34. The van der Waals surface area contributed by atoms with Gasteiger partial charge in [-0.25, -0.2) is 0 Å². The van der Waals surface area contributed by atoms with Crippen LogP contribution in [-0.4, -0.2) is 44.3 Å². The molecule has 0 saturated heterocycles. The third kappa shape index (κ3) is 2.95. The van der Waals surface area contributed by atoms with E-state index in [1.165, 1.54) is 73.3 Å². The van der Waals surface area contributed by atoms with E-state index in [9.17, 15) is 50.1 Å². The zero-order chi connectivity index (χ0) is 31.0. The number of nitrogens with zero attached hydrogens (tertiary/aromatic N) is 6. The first-order valence-electron chi connectivity index (χ1n) is 11.7. The molecular weight excluding hydrogens is 690 g/mol. The van der Waals surface area contributed by atoms with Gasteiger partial charge < -0.3 is 0 Å². The second kappa shape index (κ2) is 8.65. The number of hydrogen-bond acceptors (Lipinski definition) is 8. The molecule has 14 nitrogen and oxygen atoms in total. The number of fused-ring (bicyclic) bond motifs is 10. The molecule has 0 aromatic carbocycles. The van der Waals surface area contributed by atoms with Gasteiger partial charge in [-0.1, -0.05) is 0 Å². The van der Waals surface area contributed by atoms with Gasteiger partial charge in [0.15, 0.2) is 0 Å². The van der Waals surface area contributed by atoms with Gasteiger partial charge in [0.1, 0.15) is 0 Å². The predicted molar refractivity (Wildman–Crippen MR) is 140 cm³/mol. The fourth-order valence-corrected chi connectivity index (χ4v) is 29.4. The molecule has 6 heterocycles. The Hall–Kier alpha value is -5.22. The molecule has 0 atom stereocenters. The summed E-state index contributed by atoms with van der Waals surface area (Å²) >= 11 is 0. The van der Waals surface area contributed by atoms with Crippen LogP contribution in [0.4, 0.5) is 0 Å². The van der Waals surface area contributed by atoms with Gasteiger partial charge >= 0.3 is 247 Å². The van der Waals surface area contributed by atoms with E-state index in [0.717, 1.165) is 0 Å². The van der Waals surface area contributed by atoms with E-state index in [0.29, 0.717) is 19.5 Å². The molecule has 43 heavy (non-hydrogen) atoms. The number of thiocyanates is 2. The van der Waals surface area contributed by atoms with Gasteiger partial charge in [-0.2, -0.15) is 0 Å². The Bertz CT molecular complexity index is 1870. The molecule has 0 aliphatic carbocycles. The van der Waals surface area contributed by atoms with Crippen LogP contribution in [0.1, 0.15) is 41.4 Å². The van der Waals surface area contributed by atoms with Crippen molar-refractivity contribution in [2.45, 2.75) is 0 Å². The van der Waals surface area contributed by atoms with Crippen molar-refractivity contribution in [1.29, 1.82) is 10.5 Å². The summed E-state index contributed by atoms with van der Waals surface area (Å²) in [4.78, 5) is 48.3. The number of rotatable bonds is 6. The first kappa shape index (κ1) is 27.9. The molecule has 0 radical (unpaired) electrons. The van der Waals surface area contributed by atoms with Gasteiger partial charge in [-0.3, -0.25) is 0 Å². The standard InChI is InChI=1S/2C12H8N2O4.2CHNS.Ru/c2*15-11(16)7-1-3-13-9(5-7)10-6-8(12(17)18)2-4-14-10;2*2-1-3;/h2*1-6H,(H,15,16)(H,17,18);2*3H;/q;;;;+6/p-2. The molecule has 0 unspecified atom stereocenters. The van der Waals surface area contributed by atoms with Crippen molar-refractivity contribution in [3.8, 4) is 33.6 Å². The van der Waals surface area contributed by atoms with Crippen molar-refractivity contribution < 1.29 is 63.8 Å². The van der Waals surface area contributed by atoms with Crippen molar-refractivity contribution in [3.63, 3.8) is 0 Å². The maximum atomic E-state index is 12.1. The first-order valence-corrected chi connectivity index (χ1v) is 20.5. The van der Waals surface area contributed by atoms with Crippen LogP contribution in [0.15, 0.2) is 73.3 Å². The number of hydrogen-bond donors (Lipinski definition) is 4. The van der Waals surface area contributed by atoms with E-state index in [-0.39, 0.29) is 45.0 Å². The van der Waals surface area contributed by atoms with Crippen LogP contribution in [0.3, 0.4) is 0 Å². The van der Waals surface area contributed by atoms with Gasteiger partial charge in [-0.15, -0.1) is 0 Å². The molecule has 0 bridgehead atoms. The topological polar surface area (TPSA) is 212 Å². The fourth-order valence-electron chi connectivity index (χ4n) is 5.29. The second-order valence-corrected chi connectivity index (χ2v) is 28.9. The van der Waals surface area contributed by atoms with E-state index in [1.807, 2.05) is 0 Å². The summed E-state index contributed by atoms with van der Waals surface area (Å²) in [7, 11) is -5.23. The van der Waals surface area contributed by atoms with E-state index in [4.69, 9.17) is 0 Å². The van der Waals surface area contributed by atoms with E-state index >= 15 is 0 Å². The maximum absolute atomic E-state index is 12.1. The molecule has 0 amide bonds. The van der Waals surface area contributed by atoms with Gasteiger partial charge in [-0.05, 0) is 0 Å². The van der Waals surface area contributed by atoms with Crippen molar-refractivity contribution in [3.05, 3.63) is 95.6 Å². The Morgan fingerprint density at radius 1 is 0.535 bits per heavy atom. The molecule has 2 aliphatic rings. The molecule has 6 rings (SSSR count). The summed E-state index contributed by atoms with van der Waals surface area (Å²) < 4.78 is 6.38. The Morgan fingerprint density at radius 3 is 0.953 bits per heavy atom. The van der Waals surface area contributed by atoms with Crippen LogP contribution in [-0.2, 0) is 10.9 Å². The number of carboxylic acid groups (broad SMARTS) is 4. The van der Waals surface area contributed by atoms with Crippen LogP contribution in [0.5, 0.6) is 0 Å². The summed E-state index contributed by atoms with van der Waals surface area (Å²) in [5, 5.41) is 64.9. The van der Waals surface area contributed by atoms with Crippen molar-refractivity contribution in [2.75, 3.05) is 0 Å². The quantitative estimate of drug-likeness (QED) is 0.165. The van der Waals surface area contributed by atoms with Crippen LogP contribution < -0.4 is 13.2 Å². The predicted octanol–water partition coefficient (Wildman–Crippen LogP) is 1.23. The molecule has 2 aliphatic heterocycles. The number of aromatic carboxylic acids is 4. The molecule has 1 spiro atoms. The molecule has 4 aromatic rings. The van der Waals surface area contributed by atoms with Gasteiger partial charge in [0, 0.05) is 0 Å². The monoisotopic (exact) mass is 706 g/mol. The number of carboxylic acids is 4. The van der Waals surface area contributed by atoms with Crippen LogP contribution in [0, 0.1) is 21.3 Å². The number of nitriles is 2. The summed E-state index contributed by atoms with van der Waals surface area (Å²) in [5.41, 5.74) is -0.0652. The molecule has 4 aromatic heterocycles. The zero-order valence-electron chi connectivity index (χ0n) is 21.2. The third-order valence-corrected chi connectivity index (χ3v) is 32.0. The molecule has 0 saturated carbocycles. The molecule has 214 valence electrons. The summed E-state index contributed by atoms with van der Waals surface area (Å²) in [5.74, 6) is -5.15. The summed E-state index contributed by atoms with van der Waals surface area (Å²) in [6.45, 7) is 0. The Kier molecular flexibility index (Phi) is 5.62. The molecule has 0 fully saturated rings. The van der Waals surface area contributed by atoms with Gasteiger partial charge in [0.25, 0.3) is 0 Å². The Labute approximate surface area is 246 Å². The molecule has 17 heteroatoms. The normalized spacial score (nSPS) is 16.8. The van der Waals surface area contributed by atoms with E-state index in [2.05, 4.69) is 10.8 Å². The van der Waals surface area contributed by atoms with Crippen molar-refractivity contribution in [1.82, 2.24) is 0 Å². The summed E-state index contributed by atoms with van der Waals surface area (Å²) in [6, 6.07) is 10.3. The van der Waals surface area contributed by atoms with Crippen molar-refractivity contribution in [2.24, 2.45) is 0 Å². The van der Waals surface area contributed by atoms with Crippen LogP contribution in [0.2, 0.25) is 0 Å². The SMILES string of the molecule is N#C[S][Ru]12([S]C#N)([n+]3ccc(C(=O)O)cc3-c3cc(C(=O)O)cc[n+]31)[n+]1ccc(C(=O)O)cc1-c1cc(C(=O)O)cc[n+]12. The molecule has 4 N–H and O–H groups in total. The number of pyridine rings is 4. The van der Waals surface area contributed by atoms with E-state index in [1.54, 1.807) is 13.2 Å². The first-order chi connectivity index (χ1) is 20.4. The third-order valence-electron chi connectivity index (χ3n) is 6.96. The minimum atomic E-state index is -6.59. The van der Waals surface area contributed by atoms with Crippen LogP contribution in [0.25, 0.3) is 22.8 Å². The second-order valence-electron chi connectivity index (χ2n) is 8.95. The van der Waals surface area contributed by atoms with Gasteiger partial charge in [0.05, 0.1) is 0 Å². The Morgan fingerprint density at radius 2 is 0.767 bits per heavy atom. The van der Waals surface area contributed by atoms with Crippen LogP contribution >= 0.6 is 19.5 Å². The zero-order valence-corrected chi connectivity index (χ0v) is 24.6.